The second-order valence-corrected chi connectivity index (χ2v) is 4.87. The van der Waals surface area contributed by atoms with E-state index in [9.17, 15) is 4.79 Å². The Morgan fingerprint density at radius 2 is 2.47 bits per heavy atom. The standard InChI is InChI=1S/C10H14N2O2S/c1-6-5-15-9(11-6)7-2-3-8(4-7)12-10(13)14/h5,7-8,12H,2-4H2,1H3,(H,13,14)/t7-,8-/m0/s1. The van der Waals surface area contributed by atoms with Gasteiger partial charge in [0.25, 0.3) is 0 Å². The van der Waals surface area contributed by atoms with Crippen molar-refractivity contribution in [3.8, 4) is 0 Å². The lowest BCUT2D eigenvalue weighted by molar-refractivity contribution is 0.190. The average Bonchev–Trinajstić information content (AvgIpc) is 2.72. The molecule has 1 aliphatic rings. The molecular formula is C10H14N2O2S. The molecule has 0 saturated heterocycles. The van der Waals surface area contributed by atoms with Crippen LogP contribution in [0.3, 0.4) is 0 Å². The van der Waals surface area contributed by atoms with E-state index < -0.39 is 6.09 Å². The molecule has 1 aromatic rings. The minimum atomic E-state index is -0.920. The summed E-state index contributed by atoms with van der Waals surface area (Å²) in [4.78, 5) is 14.9. The van der Waals surface area contributed by atoms with Crippen molar-refractivity contribution >= 4 is 17.4 Å². The molecule has 0 radical (unpaired) electrons. The molecule has 1 aromatic heterocycles. The summed E-state index contributed by atoms with van der Waals surface area (Å²) in [7, 11) is 0. The largest absolute Gasteiger partial charge is 0.465 e. The summed E-state index contributed by atoms with van der Waals surface area (Å²) < 4.78 is 0. The molecule has 0 spiro atoms. The van der Waals surface area contributed by atoms with E-state index >= 15 is 0 Å². The van der Waals surface area contributed by atoms with E-state index in [4.69, 9.17) is 5.11 Å². The Bertz CT molecular complexity index is 364. The van der Waals surface area contributed by atoms with E-state index in [1.807, 2.05) is 12.3 Å². The summed E-state index contributed by atoms with van der Waals surface area (Å²) in [6, 6.07) is 0.108. The van der Waals surface area contributed by atoms with Gasteiger partial charge in [-0.05, 0) is 26.2 Å². The third-order valence-electron chi connectivity index (χ3n) is 2.75. The van der Waals surface area contributed by atoms with E-state index in [0.717, 1.165) is 30.0 Å². The lowest BCUT2D eigenvalue weighted by atomic mass is 10.1. The molecule has 1 heterocycles. The molecule has 2 rings (SSSR count). The van der Waals surface area contributed by atoms with Gasteiger partial charge in [-0.2, -0.15) is 0 Å². The lowest BCUT2D eigenvalue weighted by Crippen LogP contribution is -2.31. The topological polar surface area (TPSA) is 62.2 Å². The van der Waals surface area contributed by atoms with Crippen molar-refractivity contribution in [1.82, 2.24) is 10.3 Å². The molecule has 2 atom stereocenters. The molecule has 2 N–H and O–H groups in total. The van der Waals surface area contributed by atoms with Crippen LogP contribution < -0.4 is 5.32 Å². The fourth-order valence-electron chi connectivity index (χ4n) is 2.07. The zero-order valence-electron chi connectivity index (χ0n) is 8.56. The van der Waals surface area contributed by atoms with Gasteiger partial charge in [0.2, 0.25) is 0 Å². The van der Waals surface area contributed by atoms with Crippen molar-refractivity contribution < 1.29 is 9.90 Å². The smallest absolute Gasteiger partial charge is 0.404 e. The van der Waals surface area contributed by atoms with Crippen molar-refractivity contribution in [3.63, 3.8) is 0 Å². The highest BCUT2D eigenvalue weighted by Gasteiger charge is 2.28. The summed E-state index contributed by atoms with van der Waals surface area (Å²) in [5.41, 5.74) is 1.06. The van der Waals surface area contributed by atoms with Crippen LogP contribution in [0.25, 0.3) is 0 Å². The van der Waals surface area contributed by atoms with Crippen LogP contribution >= 0.6 is 11.3 Å². The van der Waals surface area contributed by atoms with Crippen molar-refractivity contribution in [2.45, 2.75) is 38.1 Å². The van der Waals surface area contributed by atoms with Gasteiger partial charge in [-0.1, -0.05) is 0 Å². The fourth-order valence-corrected chi connectivity index (χ4v) is 3.02. The van der Waals surface area contributed by atoms with E-state index in [1.54, 1.807) is 11.3 Å². The van der Waals surface area contributed by atoms with E-state index in [1.165, 1.54) is 0 Å². The average molecular weight is 226 g/mol. The maximum Gasteiger partial charge on any atom is 0.404 e. The number of carbonyl (C=O) groups is 1. The molecule has 0 bridgehead atoms. The van der Waals surface area contributed by atoms with Gasteiger partial charge in [0, 0.05) is 23.0 Å². The molecule has 5 heteroatoms. The van der Waals surface area contributed by atoms with Crippen LogP contribution in [0.5, 0.6) is 0 Å². The van der Waals surface area contributed by atoms with Gasteiger partial charge in [-0.25, -0.2) is 9.78 Å². The minimum Gasteiger partial charge on any atom is -0.465 e. The van der Waals surface area contributed by atoms with Crippen LogP contribution in [0.2, 0.25) is 0 Å². The van der Waals surface area contributed by atoms with E-state index in [0.29, 0.717) is 5.92 Å². The van der Waals surface area contributed by atoms with Gasteiger partial charge < -0.3 is 10.4 Å². The van der Waals surface area contributed by atoms with Gasteiger partial charge in [0.05, 0.1) is 5.01 Å². The number of amides is 1. The predicted octanol–water partition coefficient (Wildman–Crippen LogP) is 2.36. The number of aromatic nitrogens is 1. The molecule has 1 amide bonds. The number of thiazole rings is 1. The first-order valence-electron chi connectivity index (χ1n) is 5.06. The Hall–Kier alpha value is -1.10. The SMILES string of the molecule is Cc1csc([C@H]2CC[C@H](NC(=O)O)C2)n1. The van der Waals surface area contributed by atoms with Crippen molar-refractivity contribution in [2.24, 2.45) is 0 Å². The molecule has 1 fully saturated rings. The highest BCUT2D eigenvalue weighted by Crippen LogP contribution is 2.35. The highest BCUT2D eigenvalue weighted by molar-refractivity contribution is 7.09. The van der Waals surface area contributed by atoms with Crippen molar-refractivity contribution in [1.29, 1.82) is 0 Å². The highest BCUT2D eigenvalue weighted by atomic mass is 32.1. The first-order chi connectivity index (χ1) is 7.15. The summed E-state index contributed by atoms with van der Waals surface area (Å²) >= 11 is 1.68. The lowest BCUT2D eigenvalue weighted by Gasteiger charge is -2.09. The Morgan fingerprint density at radius 1 is 1.67 bits per heavy atom. The molecule has 15 heavy (non-hydrogen) atoms. The third kappa shape index (κ3) is 2.47. The number of rotatable bonds is 2. The number of hydrogen-bond donors (Lipinski definition) is 2. The van der Waals surface area contributed by atoms with Gasteiger partial charge in [-0.15, -0.1) is 11.3 Å². The number of aryl methyl sites for hydroxylation is 1. The molecule has 0 aliphatic heterocycles. The van der Waals surface area contributed by atoms with Crippen LogP contribution in [0.15, 0.2) is 5.38 Å². The van der Waals surface area contributed by atoms with Gasteiger partial charge in [-0.3, -0.25) is 0 Å². The zero-order valence-corrected chi connectivity index (χ0v) is 9.38. The minimum absolute atomic E-state index is 0.108. The van der Waals surface area contributed by atoms with E-state index in [2.05, 4.69) is 10.3 Å². The number of nitrogens with zero attached hydrogens (tertiary/aromatic N) is 1. The van der Waals surface area contributed by atoms with Crippen LogP contribution in [-0.4, -0.2) is 22.2 Å². The Kier molecular flexibility index (Phi) is 2.90. The summed E-state index contributed by atoms with van der Waals surface area (Å²) in [5.74, 6) is 0.445. The summed E-state index contributed by atoms with van der Waals surface area (Å²) in [6.45, 7) is 1.99. The third-order valence-corrected chi connectivity index (χ3v) is 3.87. The predicted molar refractivity (Wildman–Crippen MR) is 58.4 cm³/mol. The zero-order chi connectivity index (χ0) is 10.8. The maximum absolute atomic E-state index is 10.5. The fraction of sp³-hybridized carbons (Fsp3) is 0.600. The van der Waals surface area contributed by atoms with Gasteiger partial charge in [0.15, 0.2) is 0 Å². The Morgan fingerprint density at radius 3 is 3.07 bits per heavy atom. The molecule has 0 unspecified atom stereocenters. The summed E-state index contributed by atoms with van der Waals surface area (Å²) in [6.07, 6.45) is 1.93. The molecule has 1 saturated carbocycles. The molecular weight excluding hydrogens is 212 g/mol. The second-order valence-electron chi connectivity index (χ2n) is 3.98. The van der Waals surface area contributed by atoms with Crippen LogP contribution in [-0.2, 0) is 0 Å². The normalized spacial score (nSPS) is 25.4. The van der Waals surface area contributed by atoms with Crippen LogP contribution in [0.4, 0.5) is 4.79 Å². The van der Waals surface area contributed by atoms with Crippen LogP contribution in [0.1, 0.15) is 35.9 Å². The number of carboxylic acid groups (broad SMARTS) is 1. The van der Waals surface area contributed by atoms with Crippen LogP contribution in [0, 0.1) is 6.92 Å². The monoisotopic (exact) mass is 226 g/mol. The van der Waals surface area contributed by atoms with Gasteiger partial charge >= 0.3 is 6.09 Å². The molecule has 4 nitrogen and oxygen atoms in total. The molecule has 0 aromatic carbocycles. The number of hydrogen-bond acceptors (Lipinski definition) is 3. The van der Waals surface area contributed by atoms with Crippen molar-refractivity contribution in [2.75, 3.05) is 0 Å². The summed E-state index contributed by atoms with van der Waals surface area (Å²) in [5, 5.41) is 14.4. The second kappa shape index (κ2) is 4.18. The molecule has 82 valence electrons. The first kappa shape index (κ1) is 10.4. The Labute approximate surface area is 92.3 Å². The van der Waals surface area contributed by atoms with Crippen molar-refractivity contribution in [3.05, 3.63) is 16.1 Å². The van der Waals surface area contributed by atoms with E-state index in [-0.39, 0.29) is 6.04 Å². The molecule has 1 aliphatic carbocycles. The first-order valence-corrected chi connectivity index (χ1v) is 5.94. The van der Waals surface area contributed by atoms with Gasteiger partial charge in [0.1, 0.15) is 0 Å². The Balaban J connectivity index is 1.95. The number of nitrogens with one attached hydrogen (secondary N) is 1. The quantitative estimate of drug-likeness (QED) is 0.813. The maximum atomic E-state index is 10.5.